The Morgan fingerprint density at radius 1 is 1.36 bits per heavy atom. The maximum Gasteiger partial charge on any atom is 0.123 e. The van der Waals surface area contributed by atoms with E-state index in [0.29, 0.717) is 15.6 Å². The fourth-order valence-electron chi connectivity index (χ4n) is 1.23. The topological polar surface area (TPSA) is 44.0 Å². The number of nitriles is 1. The third kappa shape index (κ3) is 1.95. The first-order valence-electron chi connectivity index (χ1n) is 3.98. The first-order chi connectivity index (χ1) is 6.38. The van der Waals surface area contributed by atoms with Crippen molar-refractivity contribution in [1.82, 2.24) is 0 Å². The molecule has 0 saturated carbocycles. The Hall–Kier alpha value is -0.910. The summed E-state index contributed by atoms with van der Waals surface area (Å²) in [5.41, 5.74) is -0.419. The Kier molecular flexibility index (Phi) is 2.94. The van der Waals surface area contributed by atoms with Crippen LogP contribution in [0, 0.1) is 11.3 Å². The molecule has 0 spiro atoms. The second-order valence-corrected chi connectivity index (χ2v) is 4.36. The van der Waals surface area contributed by atoms with E-state index in [0.717, 1.165) is 0 Å². The summed E-state index contributed by atoms with van der Waals surface area (Å²) in [4.78, 5) is 0. The van der Waals surface area contributed by atoms with Crippen LogP contribution in [0.4, 0.5) is 0 Å². The molecule has 1 aromatic rings. The van der Waals surface area contributed by atoms with Crippen molar-refractivity contribution in [2.24, 2.45) is 0 Å². The number of benzene rings is 1. The molecule has 1 aromatic carbocycles. The summed E-state index contributed by atoms with van der Waals surface area (Å²) in [6.45, 7) is 3.36. The molecule has 0 fully saturated rings. The van der Waals surface area contributed by atoms with Crippen LogP contribution >= 0.6 is 23.2 Å². The average molecular weight is 230 g/mol. The van der Waals surface area contributed by atoms with E-state index in [2.05, 4.69) is 6.07 Å². The van der Waals surface area contributed by atoms with Crippen LogP contribution in [0.1, 0.15) is 19.4 Å². The highest BCUT2D eigenvalue weighted by molar-refractivity contribution is 6.35. The Balaban J connectivity index is 3.44. The second kappa shape index (κ2) is 3.68. The van der Waals surface area contributed by atoms with E-state index in [9.17, 15) is 5.11 Å². The molecule has 0 aliphatic heterocycles. The summed E-state index contributed by atoms with van der Waals surface area (Å²) in [7, 11) is 0. The van der Waals surface area contributed by atoms with Crippen LogP contribution in [0.3, 0.4) is 0 Å². The van der Waals surface area contributed by atoms with Crippen molar-refractivity contribution >= 4 is 23.2 Å². The summed E-state index contributed by atoms with van der Waals surface area (Å²) in [6, 6.07) is 4.96. The van der Waals surface area contributed by atoms with E-state index in [1.807, 2.05) is 0 Å². The van der Waals surface area contributed by atoms with Crippen LogP contribution in [0.2, 0.25) is 10.0 Å². The van der Waals surface area contributed by atoms with Gasteiger partial charge in [0.05, 0.1) is 16.5 Å². The van der Waals surface area contributed by atoms with Crippen LogP contribution in [0.15, 0.2) is 12.1 Å². The summed E-state index contributed by atoms with van der Waals surface area (Å²) in [6.07, 6.45) is 0. The zero-order valence-electron chi connectivity index (χ0n) is 7.81. The van der Waals surface area contributed by atoms with Gasteiger partial charge in [0.25, 0.3) is 0 Å². The van der Waals surface area contributed by atoms with Gasteiger partial charge >= 0.3 is 0 Å². The van der Waals surface area contributed by atoms with Crippen LogP contribution in [-0.2, 0) is 5.41 Å². The lowest BCUT2D eigenvalue weighted by molar-refractivity contribution is 0.457. The first kappa shape index (κ1) is 11.2. The van der Waals surface area contributed by atoms with Crippen LogP contribution in [-0.4, -0.2) is 5.11 Å². The van der Waals surface area contributed by atoms with Gasteiger partial charge in [0, 0.05) is 10.6 Å². The molecule has 0 amide bonds. The number of aromatic hydroxyl groups is 1. The highest BCUT2D eigenvalue weighted by Crippen LogP contribution is 2.38. The SMILES string of the molecule is CC(C)(C#N)c1c(O)cc(Cl)cc1Cl. The predicted molar refractivity (Wildman–Crippen MR) is 56.8 cm³/mol. The van der Waals surface area contributed by atoms with Gasteiger partial charge in [0.15, 0.2) is 0 Å². The Morgan fingerprint density at radius 2 is 1.93 bits per heavy atom. The van der Waals surface area contributed by atoms with Gasteiger partial charge in [-0.05, 0) is 26.0 Å². The van der Waals surface area contributed by atoms with Crippen molar-refractivity contribution in [3.8, 4) is 11.8 Å². The summed E-state index contributed by atoms with van der Waals surface area (Å²) in [5.74, 6) is -0.0472. The van der Waals surface area contributed by atoms with Crippen LogP contribution in [0.25, 0.3) is 0 Å². The molecule has 0 aromatic heterocycles. The zero-order chi connectivity index (χ0) is 10.9. The van der Waals surface area contributed by atoms with Crippen molar-refractivity contribution in [2.75, 3.05) is 0 Å². The number of hydrogen-bond acceptors (Lipinski definition) is 2. The minimum absolute atomic E-state index is 0.0472. The fourth-order valence-corrected chi connectivity index (χ4v) is 1.95. The van der Waals surface area contributed by atoms with Gasteiger partial charge in [-0.3, -0.25) is 0 Å². The van der Waals surface area contributed by atoms with Crippen molar-refractivity contribution in [2.45, 2.75) is 19.3 Å². The average Bonchev–Trinajstić information content (AvgIpc) is 2.01. The number of hydrogen-bond donors (Lipinski definition) is 1. The molecule has 0 unspecified atom stereocenters. The lowest BCUT2D eigenvalue weighted by Gasteiger charge is -2.18. The van der Waals surface area contributed by atoms with Gasteiger partial charge in [-0.15, -0.1) is 0 Å². The maximum atomic E-state index is 9.62. The van der Waals surface area contributed by atoms with E-state index < -0.39 is 5.41 Å². The van der Waals surface area contributed by atoms with Gasteiger partial charge in [0.2, 0.25) is 0 Å². The summed E-state index contributed by atoms with van der Waals surface area (Å²) in [5, 5.41) is 19.2. The van der Waals surface area contributed by atoms with Gasteiger partial charge in [-0.2, -0.15) is 5.26 Å². The molecule has 4 heteroatoms. The molecule has 0 heterocycles. The lowest BCUT2D eigenvalue weighted by Crippen LogP contribution is -2.14. The second-order valence-electron chi connectivity index (χ2n) is 3.52. The molecule has 2 nitrogen and oxygen atoms in total. The molecule has 0 radical (unpaired) electrons. The van der Waals surface area contributed by atoms with Crippen LogP contribution in [0.5, 0.6) is 5.75 Å². The Labute approximate surface area is 92.7 Å². The normalized spacial score (nSPS) is 11.1. The molecule has 0 aliphatic carbocycles. The van der Waals surface area contributed by atoms with Crippen LogP contribution < -0.4 is 0 Å². The van der Waals surface area contributed by atoms with Crippen molar-refractivity contribution < 1.29 is 5.11 Å². The summed E-state index contributed by atoms with van der Waals surface area (Å²) >= 11 is 11.6. The predicted octanol–water partition coefficient (Wildman–Crippen LogP) is 3.50. The molecule has 0 atom stereocenters. The third-order valence-corrected chi connectivity index (χ3v) is 2.46. The zero-order valence-corrected chi connectivity index (χ0v) is 9.32. The quantitative estimate of drug-likeness (QED) is 0.802. The van der Waals surface area contributed by atoms with Crippen molar-refractivity contribution in [3.63, 3.8) is 0 Å². The Morgan fingerprint density at radius 3 is 2.36 bits per heavy atom. The molecular formula is C10H9Cl2NO. The number of phenols is 1. The number of nitrogens with zero attached hydrogens (tertiary/aromatic N) is 1. The number of rotatable bonds is 1. The highest BCUT2D eigenvalue weighted by Gasteiger charge is 2.26. The monoisotopic (exact) mass is 229 g/mol. The number of halogens is 2. The standard InChI is InChI=1S/C10H9Cl2NO/c1-10(2,5-13)9-7(12)3-6(11)4-8(9)14/h3-4,14H,1-2H3. The van der Waals surface area contributed by atoms with E-state index >= 15 is 0 Å². The minimum atomic E-state index is -0.828. The maximum absolute atomic E-state index is 9.62. The molecule has 74 valence electrons. The molecule has 0 saturated heterocycles. The molecule has 0 bridgehead atoms. The summed E-state index contributed by atoms with van der Waals surface area (Å²) < 4.78 is 0. The number of phenolic OH excluding ortho intramolecular Hbond substituents is 1. The van der Waals surface area contributed by atoms with Crippen molar-refractivity contribution in [3.05, 3.63) is 27.7 Å². The smallest absolute Gasteiger partial charge is 0.123 e. The van der Waals surface area contributed by atoms with Gasteiger partial charge in [0.1, 0.15) is 5.75 Å². The fraction of sp³-hybridized carbons (Fsp3) is 0.300. The minimum Gasteiger partial charge on any atom is -0.508 e. The largest absolute Gasteiger partial charge is 0.508 e. The molecule has 14 heavy (non-hydrogen) atoms. The van der Waals surface area contributed by atoms with E-state index in [1.165, 1.54) is 12.1 Å². The van der Waals surface area contributed by atoms with E-state index in [1.54, 1.807) is 13.8 Å². The van der Waals surface area contributed by atoms with Crippen molar-refractivity contribution in [1.29, 1.82) is 5.26 Å². The highest BCUT2D eigenvalue weighted by atomic mass is 35.5. The lowest BCUT2D eigenvalue weighted by atomic mass is 9.85. The molecule has 1 N–H and O–H groups in total. The van der Waals surface area contributed by atoms with E-state index in [4.69, 9.17) is 28.5 Å². The first-order valence-corrected chi connectivity index (χ1v) is 4.74. The van der Waals surface area contributed by atoms with Gasteiger partial charge < -0.3 is 5.11 Å². The van der Waals surface area contributed by atoms with Gasteiger partial charge in [-0.25, -0.2) is 0 Å². The Bertz CT molecular complexity index is 384. The molecule has 0 aliphatic rings. The molecule has 1 rings (SSSR count). The third-order valence-electron chi connectivity index (χ3n) is 1.94. The molecular weight excluding hydrogens is 221 g/mol. The van der Waals surface area contributed by atoms with Gasteiger partial charge in [-0.1, -0.05) is 23.2 Å². The van der Waals surface area contributed by atoms with E-state index in [-0.39, 0.29) is 5.75 Å².